The zero-order chi connectivity index (χ0) is 21.7. The molecule has 3 aliphatic rings. The van der Waals surface area contributed by atoms with Crippen molar-refractivity contribution in [3.05, 3.63) is 71.3 Å². The SMILES string of the molecule is COC(=O)N1[C@@H]2C(=O)N(C)C(=O)[C@@H]2[C@@H]2/C(=C\c3ccccc3)c3ccccc3CCN21. The standard InChI is InChI=1S/C24H23N3O4/c1-25-22(28)19-20-18(14-15-8-4-3-5-9-15)17-11-7-6-10-16(17)12-13-26(20)27(24(30)31-2)21(19)23(25)29/h3-11,14,19-21H,12-13H2,1-2H3/b18-14-/t19-,20+,21+/m1/s1. The minimum absolute atomic E-state index is 0.269. The van der Waals surface area contributed by atoms with E-state index in [1.165, 1.54) is 19.2 Å². The second-order valence-corrected chi connectivity index (χ2v) is 8.05. The van der Waals surface area contributed by atoms with Crippen LogP contribution in [0.4, 0.5) is 4.79 Å². The summed E-state index contributed by atoms with van der Waals surface area (Å²) in [4.78, 5) is 40.1. The second-order valence-electron chi connectivity index (χ2n) is 8.05. The normalized spacial score (nSPS) is 26.5. The summed E-state index contributed by atoms with van der Waals surface area (Å²) in [7, 11) is 2.77. The summed E-state index contributed by atoms with van der Waals surface area (Å²) in [5.41, 5.74) is 4.11. The maximum atomic E-state index is 13.2. The highest BCUT2D eigenvalue weighted by atomic mass is 16.5. The number of rotatable bonds is 1. The van der Waals surface area contributed by atoms with E-state index >= 15 is 0 Å². The predicted molar refractivity (Wildman–Crippen MR) is 114 cm³/mol. The summed E-state index contributed by atoms with van der Waals surface area (Å²) in [6.45, 7) is 0.500. The Hall–Kier alpha value is -3.45. The van der Waals surface area contributed by atoms with Crippen LogP contribution in [-0.4, -0.2) is 65.6 Å². The van der Waals surface area contributed by atoms with Gasteiger partial charge in [0.1, 0.15) is 6.04 Å². The van der Waals surface area contributed by atoms with Crippen LogP contribution in [-0.2, 0) is 20.7 Å². The first-order valence-electron chi connectivity index (χ1n) is 10.3. The Labute approximate surface area is 180 Å². The largest absolute Gasteiger partial charge is 0.452 e. The molecule has 3 amide bonds. The minimum atomic E-state index is -0.889. The number of amides is 3. The van der Waals surface area contributed by atoms with Gasteiger partial charge in [0.2, 0.25) is 5.91 Å². The molecule has 0 radical (unpaired) electrons. The van der Waals surface area contributed by atoms with Crippen molar-refractivity contribution in [2.45, 2.75) is 18.5 Å². The van der Waals surface area contributed by atoms with Gasteiger partial charge in [0.05, 0.1) is 19.1 Å². The molecule has 5 rings (SSSR count). The van der Waals surface area contributed by atoms with Crippen molar-refractivity contribution in [1.29, 1.82) is 0 Å². The molecule has 2 saturated heterocycles. The van der Waals surface area contributed by atoms with E-state index in [2.05, 4.69) is 12.1 Å². The number of hydrogen-bond donors (Lipinski definition) is 0. The number of hydrazine groups is 1. The lowest BCUT2D eigenvalue weighted by molar-refractivity contribution is -0.142. The topological polar surface area (TPSA) is 70.2 Å². The van der Waals surface area contributed by atoms with Crippen molar-refractivity contribution in [2.24, 2.45) is 5.92 Å². The van der Waals surface area contributed by atoms with Gasteiger partial charge in [-0.3, -0.25) is 14.5 Å². The van der Waals surface area contributed by atoms with E-state index in [9.17, 15) is 14.4 Å². The fraction of sp³-hybridized carbons (Fsp3) is 0.292. The molecule has 0 aromatic heterocycles. The fourth-order valence-corrected chi connectivity index (χ4v) is 5.08. The third kappa shape index (κ3) is 2.88. The number of fused-ring (bicyclic) bond motifs is 4. The maximum Gasteiger partial charge on any atom is 0.424 e. The molecule has 2 aromatic rings. The van der Waals surface area contributed by atoms with E-state index in [-0.39, 0.29) is 11.8 Å². The molecule has 0 unspecified atom stereocenters. The summed E-state index contributed by atoms with van der Waals surface area (Å²) in [5, 5.41) is 3.22. The van der Waals surface area contributed by atoms with Crippen LogP contribution in [0.3, 0.4) is 0 Å². The molecule has 158 valence electrons. The molecule has 0 spiro atoms. The minimum Gasteiger partial charge on any atom is -0.452 e. The zero-order valence-corrected chi connectivity index (χ0v) is 17.4. The van der Waals surface area contributed by atoms with E-state index in [4.69, 9.17) is 4.74 Å². The van der Waals surface area contributed by atoms with Crippen molar-refractivity contribution in [3.63, 3.8) is 0 Å². The van der Waals surface area contributed by atoms with Crippen molar-refractivity contribution in [1.82, 2.24) is 14.9 Å². The average molecular weight is 417 g/mol. The molecule has 0 N–H and O–H groups in total. The quantitative estimate of drug-likeness (QED) is 0.667. The summed E-state index contributed by atoms with van der Waals surface area (Å²) >= 11 is 0. The number of ether oxygens (including phenoxy) is 1. The van der Waals surface area contributed by atoms with Crippen LogP contribution < -0.4 is 0 Å². The third-order valence-corrected chi connectivity index (χ3v) is 6.48. The Morgan fingerprint density at radius 2 is 1.71 bits per heavy atom. The van der Waals surface area contributed by atoms with Crippen molar-refractivity contribution >= 4 is 29.6 Å². The first-order chi connectivity index (χ1) is 15.0. The van der Waals surface area contributed by atoms with E-state index < -0.39 is 24.1 Å². The summed E-state index contributed by atoms with van der Waals surface area (Å²) in [6, 6.07) is 16.6. The lowest BCUT2D eigenvalue weighted by atomic mass is 9.84. The van der Waals surface area contributed by atoms with E-state index in [0.717, 1.165) is 27.2 Å². The van der Waals surface area contributed by atoms with E-state index in [0.29, 0.717) is 13.0 Å². The van der Waals surface area contributed by atoms with Crippen LogP contribution >= 0.6 is 0 Å². The third-order valence-electron chi connectivity index (χ3n) is 6.48. The Balaban J connectivity index is 1.74. The van der Waals surface area contributed by atoms with Gasteiger partial charge in [0.15, 0.2) is 0 Å². The monoisotopic (exact) mass is 417 g/mol. The van der Waals surface area contributed by atoms with Crippen LogP contribution in [0, 0.1) is 5.92 Å². The smallest absolute Gasteiger partial charge is 0.424 e. The van der Waals surface area contributed by atoms with Gasteiger partial charge in [0, 0.05) is 13.6 Å². The highest BCUT2D eigenvalue weighted by Crippen LogP contribution is 2.46. The number of benzene rings is 2. The number of likely N-dealkylation sites (tertiary alicyclic amines) is 1. The van der Waals surface area contributed by atoms with Gasteiger partial charge in [-0.2, -0.15) is 0 Å². The summed E-state index contributed by atoms with van der Waals surface area (Å²) in [5.74, 6) is -1.33. The van der Waals surface area contributed by atoms with Crippen molar-refractivity contribution < 1.29 is 19.1 Å². The van der Waals surface area contributed by atoms with E-state index in [1.54, 1.807) is 0 Å². The number of carbonyl (C=O) groups is 3. The molecule has 7 heteroatoms. The first kappa shape index (κ1) is 19.5. The van der Waals surface area contributed by atoms with Crippen LogP contribution in [0.2, 0.25) is 0 Å². The van der Waals surface area contributed by atoms with Gasteiger partial charge >= 0.3 is 6.09 Å². The molecular formula is C24H23N3O4. The molecule has 2 fully saturated rings. The Morgan fingerprint density at radius 3 is 2.45 bits per heavy atom. The van der Waals surface area contributed by atoms with Crippen LogP contribution in [0.5, 0.6) is 0 Å². The molecule has 0 aliphatic carbocycles. The molecule has 3 atom stereocenters. The number of carbonyl (C=O) groups excluding carboxylic acids is 3. The van der Waals surface area contributed by atoms with Gasteiger partial charge in [-0.1, -0.05) is 54.6 Å². The van der Waals surface area contributed by atoms with Crippen LogP contribution in [0.15, 0.2) is 54.6 Å². The van der Waals surface area contributed by atoms with Gasteiger partial charge in [-0.05, 0) is 34.8 Å². The lowest BCUT2D eigenvalue weighted by Crippen LogP contribution is -2.51. The fourth-order valence-electron chi connectivity index (χ4n) is 5.08. The van der Waals surface area contributed by atoms with Gasteiger partial charge < -0.3 is 4.74 Å². The zero-order valence-electron chi connectivity index (χ0n) is 17.4. The summed E-state index contributed by atoms with van der Waals surface area (Å²) < 4.78 is 5.03. The Bertz CT molecular complexity index is 1100. The Kier molecular flexibility index (Phi) is 4.63. The van der Waals surface area contributed by atoms with Crippen LogP contribution in [0.1, 0.15) is 16.7 Å². The molecule has 7 nitrogen and oxygen atoms in total. The number of methoxy groups -OCH3 is 1. The predicted octanol–water partition coefficient (Wildman–Crippen LogP) is 2.43. The molecule has 31 heavy (non-hydrogen) atoms. The van der Waals surface area contributed by atoms with Crippen molar-refractivity contribution in [2.75, 3.05) is 20.7 Å². The number of likely N-dealkylation sites (N-methyl/N-ethyl adjacent to an activating group) is 1. The molecule has 0 saturated carbocycles. The van der Waals surface area contributed by atoms with Crippen molar-refractivity contribution in [3.8, 4) is 0 Å². The highest BCUT2D eigenvalue weighted by Gasteiger charge is 2.63. The lowest BCUT2D eigenvalue weighted by Gasteiger charge is -2.33. The Morgan fingerprint density at radius 1 is 1.00 bits per heavy atom. The molecule has 3 heterocycles. The second kappa shape index (κ2) is 7.35. The van der Waals surface area contributed by atoms with Gasteiger partial charge in [-0.15, -0.1) is 0 Å². The molecule has 2 aromatic carbocycles. The van der Waals surface area contributed by atoms with Crippen LogP contribution in [0.25, 0.3) is 11.6 Å². The van der Waals surface area contributed by atoms with Gasteiger partial charge in [-0.25, -0.2) is 14.8 Å². The molecule has 3 aliphatic heterocycles. The number of imide groups is 1. The van der Waals surface area contributed by atoms with Gasteiger partial charge in [0.25, 0.3) is 5.91 Å². The number of hydrogen-bond acceptors (Lipinski definition) is 5. The summed E-state index contributed by atoms with van der Waals surface area (Å²) in [6.07, 6.45) is 2.12. The average Bonchev–Trinajstić information content (AvgIpc) is 3.18. The molecular weight excluding hydrogens is 394 g/mol. The molecule has 0 bridgehead atoms. The van der Waals surface area contributed by atoms with E-state index in [1.807, 2.05) is 53.5 Å². The maximum absolute atomic E-state index is 13.2. The highest BCUT2D eigenvalue weighted by molar-refractivity contribution is 6.10. The number of nitrogens with zero attached hydrogens (tertiary/aromatic N) is 3. The first-order valence-corrected chi connectivity index (χ1v) is 10.3.